The molecule has 0 saturated heterocycles. The van der Waals surface area contributed by atoms with E-state index in [2.05, 4.69) is 48.0 Å². The first kappa shape index (κ1) is 12.2. The quantitative estimate of drug-likeness (QED) is 0.782. The van der Waals surface area contributed by atoms with Gasteiger partial charge in [0.05, 0.1) is 0 Å². The molecule has 1 aliphatic rings. The molecule has 0 spiro atoms. The molecule has 2 rings (SSSR count). The third kappa shape index (κ3) is 2.89. The highest BCUT2D eigenvalue weighted by atomic mass is 15.1. The number of likely N-dealkylation sites (N-methyl/N-ethyl adjacent to an activating group) is 1. The molecular weight excluding hydrogens is 208 g/mol. The van der Waals surface area contributed by atoms with Crippen molar-refractivity contribution >= 4 is 5.69 Å². The largest absolute Gasteiger partial charge is 0.385 e. The number of nitrogens with zero attached hydrogens (tertiary/aromatic N) is 1. The second-order valence-electron chi connectivity index (χ2n) is 4.64. The molecule has 92 valence electrons. The van der Waals surface area contributed by atoms with Crippen LogP contribution in [0.15, 0.2) is 36.9 Å². The lowest BCUT2D eigenvalue weighted by Gasteiger charge is -2.31. The van der Waals surface area contributed by atoms with Crippen molar-refractivity contribution < 1.29 is 0 Å². The summed E-state index contributed by atoms with van der Waals surface area (Å²) in [7, 11) is 0. The van der Waals surface area contributed by atoms with E-state index in [0.717, 1.165) is 26.2 Å². The van der Waals surface area contributed by atoms with Crippen LogP contribution in [0.5, 0.6) is 0 Å². The number of rotatable bonds is 5. The molecule has 1 heterocycles. The summed E-state index contributed by atoms with van der Waals surface area (Å²) in [5, 5.41) is 3.48. The Morgan fingerprint density at radius 2 is 2.29 bits per heavy atom. The molecular formula is C15H22N2. The van der Waals surface area contributed by atoms with E-state index in [1.165, 1.54) is 17.7 Å². The summed E-state index contributed by atoms with van der Waals surface area (Å²) < 4.78 is 0. The third-order valence-corrected chi connectivity index (χ3v) is 3.52. The normalized spacial score (nSPS) is 18.6. The van der Waals surface area contributed by atoms with Gasteiger partial charge in [0.25, 0.3) is 0 Å². The molecule has 1 atom stereocenters. The number of hydrogen-bond acceptors (Lipinski definition) is 2. The number of para-hydroxylation sites is 1. The van der Waals surface area contributed by atoms with Crippen LogP contribution < -0.4 is 5.32 Å². The minimum absolute atomic E-state index is 0.660. The predicted octanol–water partition coefficient (Wildman–Crippen LogP) is 3.09. The van der Waals surface area contributed by atoms with E-state index in [4.69, 9.17) is 0 Å². The molecule has 0 amide bonds. The van der Waals surface area contributed by atoms with E-state index >= 15 is 0 Å². The van der Waals surface area contributed by atoms with E-state index in [9.17, 15) is 0 Å². The van der Waals surface area contributed by atoms with Gasteiger partial charge in [0.2, 0.25) is 0 Å². The van der Waals surface area contributed by atoms with E-state index in [1.54, 1.807) is 0 Å². The van der Waals surface area contributed by atoms with Gasteiger partial charge in [-0.3, -0.25) is 4.90 Å². The fourth-order valence-corrected chi connectivity index (χ4v) is 2.57. The molecule has 0 radical (unpaired) electrons. The highest BCUT2D eigenvalue weighted by Gasteiger charge is 2.20. The summed E-state index contributed by atoms with van der Waals surface area (Å²) in [4.78, 5) is 2.46. The number of fused-ring (bicyclic) bond motifs is 1. The van der Waals surface area contributed by atoms with Gasteiger partial charge in [-0.1, -0.05) is 31.2 Å². The Morgan fingerprint density at radius 3 is 3.06 bits per heavy atom. The maximum atomic E-state index is 3.83. The molecule has 1 unspecified atom stereocenters. The second-order valence-corrected chi connectivity index (χ2v) is 4.64. The summed E-state index contributed by atoms with van der Waals surface area (Å²) in [6, 6.07) is 8.69. The summed E-state index contributed by atoms with van der Waals surface area (Å²) >= 11 is 0. The lowest BCUT2D eigenvalue weighted by molar-refractivity contribution is 0.291. The average molecular weight is 230 g/mol. The Kier molecular flexibility index (Phi) is 4.21. The van der Waals surface area contributed by atoms with Crippen molar-refractivity contribution in [3.8, 4) is 0 Å². The summed E-state index contributed by atoms with van der Waals surface area (Å²) in [6.07, 6.45) is 3.22. The molecule has 0 fully saturated rings. The molecule has 17 heavy (non-hydrogen) atoms. The van der Waals surface area contributed by atoms with E-state index in [1.807, 2.05) is 6.08 Å². The Balaban J connectivity index is 2.09. The van der Waals surface area contributed by atoms with Crippen LogP contribution in [0.1, 0.15) is 24.8 Å². The number of nitrogens with one attached hydrogen (secondary N) is 1. The van der Waals surface area contributed by atoms with Crippen molar-refractivity contribution in [2.45, 2.75) is 19.3 Å². The lowest BCUT2D eigenvalue weighted by atomic mass is 9.90. The molecule has 0 aliphatic carbocycles. The van der Waals surface area contributed by atoms with E-state index in [-0.39, 0.29) is 0 Å². The standard InChI is InChI=1S/C15H22N2/c1-3-11-17(4-2)12-13-9-10-16-15-8-6-5-7-14(13)15/h3,5-8,13,16H,1,4,9-12H2,2H3. The summed E-state index contributed by atoms with van der Waals surface area (Å²) in [6.45, 7) is 10.4. The van der Waals surface area contributed by atoms with Crippen molar-refractivity contribution in [2.24, 2.45) is 0 Å². The minimum Gasteiger partial charge on any atom is -0.385 e. The molecule has 0 aromatic heterocycles. The van der Waals surface area contributed by atoms with Gasteiger partial charge in [-0.15, -0.1) is 6.58 Å². The van der Waals surface area contributed by atoms with Crippen molar-refractivity contribution in [3.63, 3.8) is 0 Å². The van der Waals surface area contributed by atoms with Crippen LogP contribution >= 0.6 is 0 Å². The molecule has 1 aliphatic heterocycles. The highest BCUT2D eigenvalue weighted by Crippen LogP contribution is 2.31. The molecule has 2 heteroatoms. The average Bonchev–Trinajstić information content (AvgIpc) is 2.38. The SMILES string of the molecule is C=CCN(CC)CC1CCNc2ccccc21. The van der Waals surface area contributed by atoms with Crippen LogP contribution in [0.4, 0.5) is 5.69 Å². The predicted molar refractivity (Wildman–Crippen MR) is 74.6 cm³/mol. The van der Waals surface area contributed by atoms with Gasteiger partial charge in [0.1, 0.15) is 0 Å². The van der Waals surface area contributed by atoms with Crippen molar-refractivity contribution in [1.82, 2.24) is 4.90 Å². The summed E-state index contributed by atoms with van der Waals surface area (Å²) in [5.74, 6) is 0.660. The second kappa shape index (κ2) is 5.87. The number of hydrogen-bond donors (Lipinski definition) is 1. The Labute approximate surface area is 104 Å². The fraction of sp³-hybridized carbons (Fsp3) is 0.467. The van der Waals surface area contributed by atoms with Crippen LogP contribution in [-0.2, 0) is 0 Å². The van der Waals surface area contributed by atoms with Gasteiger partial charge in [-0.2, -0.15) is 0 Å². The van der Waals surface area contributed by atoms with Gasteiger partial charge < -0.3 is 5.32 Å². The molecule has 1 N–H and O–H groups in total. The topological polar surface area (TPSA) is 15.3 Å². The smallest absolute Gasteiger partial charge is 0.0376 e. The number of benzene rings is 1. The zero-order chi connectivity index (χ0) is 12.1. The lowest BCUT2D eigenvalue weighted by Crippen LogP contribution is -2.31. The fourth-order valence-electron chi connectivity index (χ4n) is 2.57. The first-order chi connectivity index (χ1) is 8.35. The molecule has 0 saturated carbocycles. The monoisotopic (exact) mass is 230 g/mol. The Bertz CT molecular complexity index is 373. The first-order valence-corrected chi connectivity index (χ1v) is 6.51. The van der Waals surface area contributed by atoms with Crippen LogP contribution in [0, 0.1) is 0 Å². The Hall–Kier alpha value is -1.28. The molecule has 0 bridgehead atoms. The van der Waals surface area contributed by atoms with Crippen LogP contribution in [0.2, 0.25) is 0 Å². The molecule has 1 aromatic carbocycles. The maximum absolute atomic E-state index is 3.83. The van der Waals surface area contributed by atoms with Gasteiger partial charge in [-0.25, -0.2) is 0 Å². The van der Waals surface area contributed by atoms with E-state index < -0.39 is 0 Å². The minimum atomic E-state index is 0.660. The molecule has 1 aromatic rings. The third-order valence-electron chi connectivity index (χ3n) is 3.52. The van der Waals surface area contributed by atoms with Gasteiger partial charge >= 0.3 is 0 Å². The van der Waals surface area contributed by atoms with E-state index in [0.29, 0.717) is 5.92 Å². The van der Waals surface area contributed by atoms with Crippen molar-refractivity contribution in [3.05, 3.63) is 42.5 Å². The van der Waals surface area contributed by atoms with Gasteiger partial charge in [-0.05, 0) is 24.6 Å². The zero-order valence-electron chi connectivity index (χ0n) is 10.7. The Morgan fingerprint density at radius 1 is 1.47 bits per heavy atom. The first-order valence-electron chi connectivity index (χ1n) is 6.51. The van der Waals surface area contributed by atoms with Crippen LogP contribution in [0.25, 0.3) is 0 Å². The summed E-state index contributed by atoms with van der Waals surface area (Å²) in [5.41, 5.74) is 2.79. The zero-order valence-corrected chi connectivity index (χ0v) is 10.7. The highest BCUT2D eigenvalue weighted by molar-refractivity contribution is 5.54. The van der Waals surface area contributed by atoms with Crippen molar-refractivity contribution in [2.75, 3.05) is 31.5 Å². The van der Waals surface area contributed by atoms with Gasteiger partial charge in [0, 0.05) is 31.2 Å². The van der Waals surface area contributed by atoms with Crippen LogP contribution in [-0.4, -0.2) is 31.1 Å². The van der Waals surface area contributed by atoms with Crippen LogP contribution in [0.3, 0.4) is 0 Å². The molecule has 2 nitrogen and oxygen atoms in total. The van der Waals surface area contributed by atoms with Crippen molar-refractivity contribution in [1.29, 1.82) is 0 Å². The van der Waals surface area contributed by atoms with Gasteiger partial charge in [0.15, 0.2) is 0 Å². The maximum Gasteiger partial charge on any atom is 0.0376 e. The number of anilines is 1.